The predicted molar refractivity (Wildman–Crippen MR) is 63.9 cm³/mol. The number of hydrogen-bond donors (Lipinski definition) is 0. The van der Waals surface area contributed by atoms with Gasteiger partial charge in [-0.3, -0.25) is 0 Å². The molecule has 1 unspecified atom stereocenters. The van der Waals surface area contributed by atoms with Crippen molar-refractivity contribution in [2.45, 2.75) is 64.2 Å². The molecule has 1 saturated carbocycles. The molecule has 0 aromatic rings. The molecule has 0 heterocycles. The molecule has 0 amide bonds. The highest BCUT2D eigenvalue weighted by atomic mass is 14.3. The highest BCUT2D eigenvalue weighted by Gasteiger charge is 2.21. The molecule has 1 aliphatic rings. The average molecular weight is 194 g/mol. The Labute approximate surface area is 90.5 Å². The van der Waals surface area contributed by atoms with Crippen LogP contribution < -0.4 is 0 Å². The summed E-state index contributed by atoms with van der Waals surface area (Å²) < 4.78 is 0. The van der Waals surface area contributed by atoms with Crippen LogP contribution in [-0.4, -0.2) is 0 Å². The molecule has 1 rings (SSSR count). The predicted octanol–water partition coefficient (Wildman–Crippen LogP) is 4.80. The first-order chi connectivity index (χ1) is 6.88. The van der Waals surface area contributed by atoms with E-state index in [1.807, 2.05) is 0 Å². The molecule has 0 aromatic heterocycles. The fraction of sp³-hybridized carbons (Fsp3) is 0.857. The van der Waals surface area contributed by atoms with Crippen LogP contribution in [0, 0.1) is 25.7 Å². The molecule has 0 aromatic carbocycles. The second-order valence-electron chi connectivity index (χ2n) is 4.80. The molecule has 0 heteroatoms. The summed E-state index contributed by atoms with van der Waals surface area (Å²) in [5.41, 5.74) is 0. The molecule has 1 fully saturated rings. The van der Waals surface area contributed by atoms with Crippen molar-refractivity contribution in [3.05, 3.63) is 13.8 Å². The van der Waals surface area contributed by atoms with Crippen molar-refractivity contribution in [1.82, 2.24) is 0 Å². The lowest BCUT2D eigenvalue weighted by atomic mass is 9.77. The minimum Gasteiger partial charge on any atom is -0.0533 e. The summed E-state index contributed by atoms with van der Waals surface area (Å²) in [5, 5.41) is 0. The second kappa shape index (κ2) is 7.31. The fourth-order valence-corrected chi connectivity index (χ4v) is 2.80. The number of hydrogen-bond acceptors (Lipinski definition) is 0. The zero-order chi connectivity index (χ0) is 10.2. The Morgan fingerprint density at radius 2 is 1.71 bits per heavy atom. The Bertz CT molecular complexity index is 122. The Hall–Kier alpha value is 0. The van der Waals surface area contributed by atoms with Crippen LogP contribution in [0.5, 0.6) is 0 Å². The van der Waals surface area contributed by atoms with E-state index in [9.17, 15) is 0 Å². The van der Waals surface area contributed by atoms with Crippen molar-refractivity contribution >= 4 is 0 Å². The molecule has 0 aliphatic heterocycles. The summed E-state index contributed by atoms with van der Waals surface area (Å²) in [4.78, 5) is 0. The van der Waals surface area contributed by atoms with Gasteiger partial charge in [0.25, 0.3) is 0 Å². The Balaban J connectivity index is 2.21. The summed E-state index contributed by atoms with van der Waals surface area (Å²) in [7, 11) is 0. The van der Waals surface area contributed by atoms with Crippen molar-refractivity contribution in [2.75, 3.05) is 0 Å². The van der Waals surface area contributed by atoms with E-state index in [0.717, 1.165) is 24.7 Å². The van der Waals surface area contributed by atoms with Gasteiger partial charge in [0.2, 0.25) is 0 Å². The average Bonchev–Trinajstić information content (AvgIpc) is 2.26. The molecule has 82 valence electrons. The third-order valence-corrected chi connectivity index (χ3v) is 3.76. The van der Waals surface area contributed by atoms with E-state index in [-0.39, 0.29) is 0 Å². The van der Waals surface area contributed by atoms with Crippen LogP contribution in [0.1, 0.15) is 64.2 Å². The topological polar surface area (TPSA) is 0 Å². The van der Waals surface area contributed by atoms with Crippen molar-refractivity contribution in [3.63, 3.8) is 0 Å². The van der Waals surface area contributed by atoms with Crippen LogP contribution in [0.25, 0.3) is 0 Å². The first-order valence-corrected chi connectivity index (χ1v) is 6.47. The van der Waals surface area contributed by atoms with Gasteiger partial charge in [-0.05, 0) is 11.8 Å². The van der Waals surface area contributed by atoms with Gasteiger partial charge in [-0.2, -0.15) is 0 Å². The van der Waals surface area contributed by atoms with Gasteiger partial charge in [0.1, 0.15) is 0 Å². The lowest BCUT2D eigenvalue weighted by molar-refractivity contribution is 0.232. The molecule has 0 bridgehead atoms. The van der Waals surface area contributed by atoms with Gasteiger partial charge in [0.05, 0.1) is 0 Å². The van der Waals surface area contributed by atoms with Crippen molar-refractivity contribution in [3.8, 4) is 0 Å². The van der Waals surface area contributed by atoms with Crippen LogP contribution in [0.15, 0.2) is 0 Å². The molecule has 0 nitrogen and oxygen atoms in total. The van der Waals surface area contributed by atoms with Crippen LogP contribution in [0.2, 0.25) is 0 Å². The van der Waals surface area contributed by atoms with E-state index in [2.05, 4.69) is 13.8 Å². The highest BCUT2D eigenvalue weighted by Crippen LogP contribution is 2.34. The first-order valence-electron chi connectivity index (χ1n) is 6.47. The van der Waals surface area contributed by atoms with Crippen molar-refractivity contribution in [2.24, 2.45) is 11.8 Å². The minimum atomic E-state index is 0.918. The molecular weight excluding hydrogens is 168 g/mol. The Morgan fingerprint density at radius 3 is 2.29 bits per heavy atom. The third-order valence-electron chi connectivity index (χ3n) is 3.76. The number of unbranched alkanes of at least 4 members (excludes halogenated alkanes) is 2. The summed E-state index contributed by atoms with van der Waals surface area (Å²) in [5.74, 6) is 1.92. The highest BCUT2D eigenvalue weighted by molar-refractivity contribution is 4.74. The van der Waals surface area contributed by atoms with Crippen LogP contribution in [0.3, 0.4) is 0 Å². The lowest BCUT2D eigenvalue weighted by Crippen LogP contribution is -2.17. The van der Waals surface area contributed by atoms with E-state index < -0.39 is 0 Å². The van der Waals surface area contributed by atoms with Crippen molar-refractivity contribution in [1.29, 1.82) is 0 Å². The van der Waals surface area contributed by atoms with Gasteiger partial charge in [0.15, 0.2) is 0 Å². The summed E-state index contributed by atoms with van der Waals surface area (Å²) in [6, 6.07) is 0. The van der Waals surface area contributed by atoms with E-state index in [0.29, 0.717) is 0 Å². The SMILES string of the molecule is [CH2]CCCCC(C[CH2])C1CCCCC1. The fourth-order valence-electron chi connectivity index (χ4n) is 2.80. The standard InChI is InChI=1S/C14H26/c1-3-5-7-10-13(4-2)14-11-8-6-9-12-14/h13-14H,1-12H2. The van der Waals surface area contributed by atoms with E-state index >= 15 is 0 Å². The van der Waals surface area contributed by atoms with Crippen molar-refractivity contribution < 1.29 is 0 Å². The van der Waals surface area contributed by atoms with E-state index in [1.165, 1.54) is 51.4 Å². The smallest absolute Gasteiger partial charge is 0.0386 e. The summed E-state index contributed by atoms with van der Waals surface area (Å²) in [6.07, 6.45) is 13.7. The van der Waals surface area contributed by atoms with E-state index in [1.54, 1.807) is 0 Å². The second-order valence-corrected chi connectivity index (χ2v) is 4.80. The Morgan fingerprint density at radius 1 is 1.00 bits per heavy atom. The molecule has 1 atom stereocenters. The van der Waals surface area contributed by atoms with E-state index in [4.69, 9.17) is 0 Å². The van der Waals surface area contributed by atoms with Gasteiger partial charge in [-0.25, -0.2) is 0 Å². The quantitative estimate of drug-likeness (QED) is 0.533. The molecule has 0 saturated heterocycles. The minimum absolute atomic E-state index is 0.918. The zero-order valence-corrected chi connectivity index (χ0v) is 9.64. The summed E-state index contributed by atoms with van der Waals surface area (Å²) in [6.45, 7) is 8.03. The zero-order valence-electron chi connectivity index (χ0n) is 9.64. The molecule has 2 radical (unpaired) electrons. The molecule has 14 heavy (non-hydrogen) atoms. The third kappa shape index (κ3) is 4.02. The number of rotatable bonds is 6. The molecular formula is C14H26. The normalized spacial score (nSPS) is 21.0. The van der Waals surface area contributed by atoms with Crippen LogP contribution >= 0.6 is 0 Å². The van der Waals surface area contributed by atoms with Crippen LogP contribution in [0.4, 0.5) is 0 Å². The maximum atomic E-state index is 4.12. The van der Waals surface area contributed by atoms with Gasteiger partial charge < -0.3 is 0 Å². The van der Waals surface area contributed by atoms with Crippen LogP contribution in [-0.2, 0) is 0 Å². The lowest BCUT2D eigenvalue weighted by Gasteiger charge is -2.29. The first kappa shape index (κ1) is 12.1. The monoisotopic (exact) mass is 194 g/mol. The molecule has 0 spiro atoms. The molecule has 1 aliphatic carbocycles. The molecule has 0 N–H and O–H groups in total. The maximum absolute atomic E-state index is 4.12. The summed E-state index contributed by atoms with van der Waals surface area (Å²) >= 11 is 0. The van der Waals surface area contributed by atoms with Gasteiger partial charge >= 0.3 is 0 Å². The van der Waals surface area contributed by atoms with Gasteiger partial charge in [0, 0.05) is 0 Å². The largest absolute Gasteiger partial charge is 0.0533 e. The Kier molecular flexibility index (Phi) is 6.31. The van der Waals surface area contributed by atoms with Gasteiger partial charge in [-0.1, -0.05) is 78.1 Å². The van der Waals surface area contributed by atoms with Gasteiger partial charge in [-0.15, -0.1) is 0 Å². The maximum Gasteiger partial charge on any atom is -0.0386 e.